The van der Waals surface area contributed by atoms with E-state index in [2.05, 4.69) is 20.8 Å². The van der Waals surface area contributed by atoms with Crippen molar-refractivity contribution in [1.29, 1.82) is 0 Å². The molecule has 2 aromatic rings. The molecular formula is C19H23N5O3. The molecule has 0 radical (unpaired) electrons. The van der Waals surface area contributed by atoms with Crippen LogP contribution < -0.4 is 10.6 Å². The summed E-state index contributed by atoms with van der Waals surface area (Å²) in [6, 6.07) is 8.92. The number of carbonyl (C=O) groups is 2. The van der Waals surface area contributed by atoms with Crippen LogP contribution in [-0.2, 0) is 4.79 Å². The van der Waals surface area contributed by atoms with Crippen LogP contribution in [-0.4, -0.2) is 46.1 Å². The molecule has 4 rings (SSSR count). The highest BCUT2D eigenvalue weighted by Crippen LogP contribution is 2.32. The first-order valence-corrected chi connectivity index (χ1v) is 9.31. The first-order valence-electron chi connectivity index (χ1n) is 9.31. The third-order valence-corrected chi connectivity index (χ3v) is 5.06. The number of aromatic nitrogens is 2. The molecule has 8 heteroatoms. The second kappa shape index (κ2) is 7.38. The lowest BCUT2D eigenvalue weighted by Gasteiger charge is -2.37. The van der Waals surface area contributed by atoms with Crippen LogP contribution in [0.2, 0.25) is 0 Å². The quantitative estimate of drug-likeness (QED) is 0.861. The van der Waals surface area contributed by atoms with Crippen molar-refractivity contribution >= 4 is 17.6 Å². The van der Waals surface area contributed by atoms with Crippen LogP contribution in [0.4, 0.5) is 10.5 Å². The van der Waals surface area contributed by atoms with Gasteiger partial charge in [0.2, 0.25) is 11.8 Å². The van der Waals surface area contributed by atoms with E-state index in [0.717, 1.165) is 18.5 Å². The van der Waals surface area contributed by atoms with Gasteiger partial charge in [0.05, 0.1) is 12.0 Å². The summed E-state index contributed by atoms with van der Waals surface area (Å²) in [5, 5.41) is 9.87. The number of benzene rings is 1. The fourth-order valence-electron chi connectivity index (χ4n) is 3.41. The molecule has 2 atom stereocenters. The van der Waals surface area contributed by atoms with E-state index >= 15 is 0 Å². The summed E-state index contributed by atoms with van der Waals surface area (Å²) >= 11 is 0. The Morgan fingerprint density at radius 2 is 1.96 bits per heavy atom. The molecule has 8 nitrogen and oxygen atoms in total. The van der Waals surface area contributed by atoms with E-state index in [1.54, 1.807) is 11.8 Å². The van der Waals surface area contributed by atoms with Gasteiger partial charge in [-0.15, -0.1) is 0 Å². The smallest absolute Gasteiger partial charge is 0.321 e. The van der Waals surface area contributed by atoms with Crippen molar-refractivity contribution in [3.05, 3.63) is 42.0 Å². The summed E-state index contributed by atoms with van der Waals surface area (Å²) in [5.41, 5.74) is 0.746. The van der Waals surface area contributed by atoms with E-state index in [9.17, 15) is 9.59 Å². The average Bonchev–Trinajstić information content (AvgIpc) is 3.44. The van der Waals surface area contributed by atoms with Crippen molar-refractivity contribution in [2.45, 2.75) is 38.1 Å². The van der Waals surface area contributed by atoms with Gasteiger partial charge < -0.3 is 20.1 Å². The lowest BCUT2D eigenvalue weighted by Crippen LogP contribution is -2.54. The van der Waals surface area contributed by atoms with Crippen molar-refractivity contribution in [2.24, 2.45) is 5.92 Å². The van der Waals surface area contributed by atoms with Gasteiger partial charge in [0.15, 0.2) is 5.82 Å². The molecule has 0 bridgehead atoms. The zero-order valence-electron chi connectivity index (χ0n) is 15.2. The molecule has 0 unspecified atom stereocenters. The van der Waals surface area contributed by atoms with E-state index < -0.39 is 0 Å². The molecule has 2 fully saturated rings. The summed E-state index contributed by atoms with van der Waals surface area (Å²) in [6.45, 7) is 2.73. The minimum atomic E-state index is -0.242. The number of nitrogens with zero attached hydrogens (tertiary/aromatic N) is 3. The van der Waals surface area contributed by atoms with Gasteiger partial charge in [-0.05, 0) is 38.3 Å². The van der Waals surface area contributed by atoms with Gasteiger partial charge in [-0.25, -0.2) is 4.79 Å². The third-order valence-electron chi connectivity index (χ3n) is 5.06. The maximum atomic E-state index is 12.6. The maximum Gasteiger partial charge on any atom is 0.321 e. The van der Waals surface area contributed by atoms with Gasteiger partial charge in [-0.2, -0.15) is 4.98 Å². The molecular weight excluding hydrogens is 346 g/mol. The number of urea groups is 1. The summed E-state index contributed by atoms with van der Waals surface area (Å²) in [6.07, 6.45) is 2.52. The van der Waals surface area contributed by atoms with Crippen LogP contribution in [0, 0.1) is 12.8 Å². The Morgan fingerprint density at radius 1 is 1.19 bits per heavy atom. The van der Waals surface area contributed by atoms with Crippen molar-refractivity contribution in [3.63, 3.8) is 0 Å². The van der Waals surface area contributed by atoms with Gasteiger partial charge in [-0.3, -0.25) is 4.79 Å². The molecule has 1 aliphatic carbocycles. The standard InChI is InChI=1S/C19H23N5O3/c1-12-20-18(27-23-12)15-9-10-24(11-16(15)22-17(25)13-7-8-13)19(26)21-14-5-3-2-4-6-14/h2-6,13,15-16H,7-11H2,1H3,(H,21,26)(H,22,25)/t15-,16+/m0/s1. The SMILES string of the molecule is Cc1noc([C@H]2CCN(C(=O)Nc3ccccc3)C[C@H]2NC(=O)C2CC2)n1. The Balaban J connectivity index is 1.46. The zero-order valence-corrected chi connectivity index (χ0v) is 15.2. The molecule has 1 saturated heterocycles. The van der Waals surface area contributed by atoms with E-state index in [0.29, 0.717) is 31.2 Å². The third kappa shape index (κ3) is 4.10. The molecule has 0 spiro atoms. The summed E-state index contributed by atoms with van der Waals surface area (Å²) in [7, 11) is 0. The van der Waals surface area contributed by atoms with Crippen LogP contribution in [0.5, 0.6) is 0 Å². The highest BCUT2D eigenvalue weighted by molar-refractivity contribution is 5.89. The van der Waals surface area contributed by atoms with Gasteiger partial charge in [0, 0.05) is 24.7 Å². The zero-order chi connectivity index (χ0) is 18.8. The molecule has 1 saturated carbocycles. The highest BCUT2D eigenvalue weighted by Gasteiger charge is 2.39. The van der Waals surface area contributed by atoms with E-state index in [1.807, 2.05) is 30.3 Å². The lowest BCUT2D eigenvalue weighted by atomic mass is 9.91. The summed E-state index contributed by atoms with van der Waals surface area (Å²) in [4.78, 5) is 31.0. The Bertz CT molecular complexity index is 818. The van der Waals surface area contributed by atoms with Crippen molar-refractivity contribution in [2.75, 3.05) is 18.4 Å². The predicted molar refractivity (Wildman–Crippen MR) is 98.1 cm³/mol. The Labute approximate surface area is 157 Å². The normalized spacial score (nSPS) is 22.3. The lowest BCUT2D eigenvalue weighted by molar-refractivity contribution is -0.123. The predicted octanol–water partition coefficient (Wildman–Crippen LogP) is 2.29. The van der Waals surface area contributed by atoms with Crippen LogP contribution in [0.15, 0.2) is 34.9 Å². The molecule has 2 heterocycles. The Hall–Kier alpha value is -2.90. The van der Waals surface area contributed by atoms with Gasteiger partial charge in [-0.1, -0.05) is 23.4 Å². The van der Waals surface area contributed by atoms with Gasteiger partial charge in [0.25, 0.3) is 0 Å². The molecule has 27 heavy (non-hydrogen) atoms. The number of piperidine rings is 1. The van der Waals surface area contributed by atoms with Crippen LogP contribution in [0.25, 0.3) is 0 Å². The van der Waals surface area contributed by atoms with Crippen molar-refractivity contribution in [3.8, 4) is 0 Å². The number of amides is 3. The average molecular weight is 369 g/mol. The van der Waals surface area contributed by atoms with Gasteiger partial charge in [0.1, 0.15) is 0 Å². The number of nitrogens with one attached hydrogen (secondary N) is 2. The van der Waals surface area contributed by atoms with Crippen LogP contribution >= 0.6 is 0 Å². The largest absolute Gasteiger partial charge is 0.351 e. The van der Waals surface area contributed by atoms with Crippen LogP contribution in [0.3, 0.4) is 0 Å². The number of rotatable bonds is 4. The van der Waals surface area contributed by atoms with Crippen LogP contribution in [0.1, 0.15) is 36.9 Å². The van der Waals surface area contributed by atoms with Crippen molar-refractivity contribution < 1.29 is 14.1 Å². The molecule has 142 valence electrons. The second-order valence-electron chi connectivity index (χ2n) is 7.21. The minimum absolute atomic E-state index is 0.0477. The van der Waals surface area contributed by atoms with E-state index in [1.165, 1.54) is 0 Å². The number of likely N-dealkylation sites (tertiary alicyclic amines) is 1. The molecule has 2 aliphatic rings. The molecule has 1 aliphatic heterocycles. The summed E-state index contributed by atoms with van der Waals surface area (Å²) in [5.74, 6) is 1.16. The Kier molecular flexibility index (Phi) is 4.79. The number of carbonyl (C=O) groups excluding carboxylic acids is 2. The maximum absolute atomic E-state index is 12.6. The number of hydrogen-bond acceptors (Lipinski definition) is 5. The summed E-state index contributed by atoms with van der Waals surface area (Å²) < 4.78 is 5.35. The van der Waals surface area contributed by atoms with E-state index in [-0.39, 0.29) is 29.8 Å². The molecule has 3 amide bonds. The molecule has 1 aromatic heterocycles. The fraction of sp³-hybridized carbons (Fsp3) is 0.474. The molecule has 2 N–H and O–H groups in total. The number of para-hydroxylation sites is 1. The number of anilines is 1. The highest BCUT2D eigenvalue weighted by atomic mass is 16.5. The Morgan fingerprint density at radius 3 is 2.63 bits per heavy atom. The van der Waals surface area contributed by atoms with Crippen molar-refractivity contribution in [1.82, 2.24) is 20.4 Å². The first-order chi connectivity index (χ1) is 13.1. The fourth-order valence-corrected chi connectivity index (χ4v) is 3.41. The number of aryl methyl sites for hydroxylation is 1. The number of hydrogen-bond donors (Lipinski definition) is 2. The minimum Gasteiger partial charge on any atom is -0.351 e. The topological polar surface area (TPSA) is 100 Å². The monoisotopic (exact) mass is 369 g/mol. The molecule has 1 aromatic carbocycles. The second-order valence-corrected chi connectivity index (χ2v) is 7.21. The first kappa shape index (κ1) is 17.5. The van der Waals surface area contributed by atoms with Gasteiger partial charge >= 0.3 is 6.03 Å². The van der Waals surface area contributed by atoms with E-state index in [4.69, 9.17) is 4.52 Å².